The summed E-state index contributed by atoms with van der Waals surface area (Å²) in [6.45, 7) is 2.32. The average Bonchev–Trinajstić information content (AvgIpc) is 2.62. The van der Waals surface area contributed by atoms with Gasteiger partial charge in [0.05, 0.1) is 6.10 Å². The van der Waals surface area contributed by atoms with Crippen molar-refractivity contribution in [1.29, 1.82) is 0 Å². The van der Waals surface area contributed by atoms with E-state index in [1.54, 1.807) is 14.0 Å². The molecule has 1 heterocycles. The lowest BCUT2D eigenvalue weighted by molar-refractivity contribution is -0.120. The molecule has 0 spiro atoms. The van der Waals surface area contributed by atoms with E-state index < -0.39 is 6.10 Å². The summed E-state index contributed by atoms with van der Waals surface area (Å²) in [6, 6.07) is 3.72. The van der Waals surface area contributed by atoms with E-state index in [2.05, 4.69) is 5.32 Å². The Kier molecular flexibility index (Phi) is 3.71. The molecule has 0 fully saturated rings. The van der Waals surface area contributed by atoms with Crippen LogP contribution in [0.25, 0.3) is 0 Å². The SMILES string of the molecule is CNC(=O)CCn1cccc1C(C)O. The monoisotopic (exact) mass is 196 g/mol. The molecule has 1 rings (SSSR count). The number of aryl methyl sites for hydroxylation is 1. The van der Waals surface area contributed by atoms with Crippen LogP contribution in [-0.4, -0.2) is 22.6 Å². The predicted molar refractivity (Wildman–Crippen MR) is 53.7 cm³/mol. The maximum atomic E-state index is 11.0. The lowest BCUT2D eigenvalue weighted by Crippen LogP contribution is -2.20. The first-order valence-electron chi connectivity index (χ1n) is 4.69. The maximum Gasteiger partial charge on any atom is 0.221 e. The number of aliphatic hydroxyl groups excluding tert-OH is 1. The molecule has 1 atom stereocenters. The molecule has 0 radical (unpaired) electrons. The standard InChI is InChI=1S/C10H16N2O2/c1-8(13)9-4-3-6-12(9)7-5-10(14)11-2/h3-4,6,8,13H,5,7H2,1-2H3,(H,11,14). The second-order valence-electron chi connectivity index (χ2n) is 3.23. The summed E-state index contributed by atoms with van der Waals surface area (Å²) in [5.41, 5.74) is 0.842. The van der Waals surface area contributed by atoms with Gasteiger partial charge in [0.2, 0.25) is 5.91 Å². The second-order valence-corrected chi connectivity index (χ2v) is 3.23. The zero-order valence-corrected chi connectivity index (χ0v) is 8.53. The molecular weight excluding hydrogens is 180 g/mol. The number of amides is 1. The van der Waals surface area contributed by atoms with E-state index in [-0.39, 0.29) is 5.91 Å². The number of carbonyl (C=O) groups excluding carboxylic acids is 1. The van der Waals surface area contributed by atoms with Crippen molar-refractivity contribution in [3.05, 3.63) is 24.0 Å². The third-order valence-corrected chi connectivity index (χ3v) is 2.15. The minimum absolute atomic E-state index is 0.00948. The lowest BCUT2D eigenvalue weighted by atomic mass is 10.3. The molecule has 2 N–H and O–H groups in total. The average molecular weight is 196 g/mol. The summed E-state index contributed by atoms with van der Waals surface area (Å²) in [4.78, 5) is 11.0. The first-order chi connectivity index (χ1) is 6.65. The third kappa shape index (κ3) is 2.60. The van der Waals surface area contributed by atoms with Crippen molar-refractivity contribution in [3.63, 3.8) is 0 Å². The largest absolute Gasteiger partial charge is 0.387 e. The molecule has 4 heteroatoms. The maximum absolute atomic E-state index is 11.0. The molecule has 14 heavy (non-hydrogen) atoms. The van der Waals surface area contributed by atoms with Gasteiger partial charge in [-0.05, 0) is 19.1 Å². The van der Waals surface area contributed by atoms with Crippen LogP contribution in [0.15, 0.2) is 18.3 Å². The molecule has 0 saturated carbocycles. The van der Waals surface area contributed by atoms with Gasteiger partial charge in [0.1, 0.15) is 0 Å². The minimum Gasteiger partial charge on any atom is -0.387 e. The summed E-state index contributed by atoms with van der Waals surface area (Å²) in [7, 11) is 1.62. The fourth-order valence-electron chi connectivity index (χ4n) is 1.36. The Morgan fingerprint density at radius 2 is 2.43 bits per heavy atom. The van der Waals surface area contributed by atoms with Crippen LogP contribution in [0.3, 0.4) is 0 Å². The highest BCUT2D eigenvalue weighted by atomic mass is 16.3. The molecule has 1 aromatic heterocycles. The molecule has 0 aliphatic carbocycles. The van der Waals surface area contributed by atoms with Gasteiger partial charge < -0.3 is 15.0 Å². The summed E-state index contributed by atoms with van der Waals surface area (Å²) in [5.74, 6) is 0.00948. The van der Waals surface area contributed by atoms with Crippen molar-refractivity contribution >= 4 is 5.91 Å². The number of carbonyl (C=O) groups is 1. The van der Waals surface area contributed by atoms with Crippen molar-refractivity contribution in [2.45, 2.75) is 26.0 Å². The van der Waals surface area contributed by atoms with Crippen LogP contribution in [-0.2, 0) is 11.3 Å². The van der Waals surface area contributed by atoms with Gasteiger partial charge in [-0.25, -0.2) is 0 Å². The van der Waals surface area contributed by atoms with Crippen molar-refractivity contribution in [2.75, 3.05) is 7.05 Å². The quantitative estimate of drug-likeness (QED) is 0.744. The van der Waals surface area contributed by atoms with Crippen LogP contribution in [0, 0.1) is 0 Å². The molecule has 0 aromatic carbocycles. The molecule has 78 valence electrons. The van der Waals surface area contributed by atoms with Gasteiger partial charge in [0.25, 0.3) is 0 Å². The molecule has 4 nitrogen and oxygen atoms in total. The van der Waals surface area contributed by atoms with E-state index in [4.69, 9.17) is 0 Å². The highest BCUT2D eigenvalue weighted by Gasteiger charge is 2.07. The molecule has 1 unspecified atom stereocenters. The van der Waals surface area contributed by atoms with Gasteiger partial charge in [-0.15, -0.1) is 0 Å². The summed E-state index contributed by atoms with van der Waals surface area (Å²) in [6.07, 6.45) is 1.81. The molecule has 0 aliphatic heterocycles. The summed E-state index contributed by atoms with van der Waals surface area (Å²) >= 11 is 0. The van der Waals surface area contributed by atoms with Crippen LogP contribution < -0.4 is 5.32 Å². The minimum atomic E-state index is -0.491. The van der Waals surface area contributed by atoms with E-state index in [1.165, 1.54) is 0 Å². The first-order valence-corrected chi connectivity index (χ1v) is 4.69. The molecule has 0 aliphatic rings. The molecule has 0 bridgehead atoms. The normalized spacial score (nSPS) is 12.5. The van der Waals surface area contributed by atoms with E-state index in [0.29, 0.717) is 13.0 Å². The number of hydrogen-bond acceptors (Lipinski definition) is 2. The Bertz CT molecular complexity index is 305. The highest BCUT2D eigenvalue weighted by molar-refractivity contribution is 5.75. The van der Waals surface area contributed by atoms with Gasteiger partial charge in [-0.2, -0.15) is 0 Å². The molecular formula is C10H16N2O2. The highest BCUT2D eigenvalue weighted by Crippen LogP contribution is 2.12. The number of nitrogens with one attached hydrogen (secondary N) is 1. The zero-order valence-electron chi connectivity index (χ0n) is 8.53. The van der Waals surface area contributed by atoms with Crippen LogP contribution in [0.4, 0.5) is 0 Å². The summed E-state index contributed by atoms with van der Waals surface area (Å²) < 4.78 is 1.89. The smallest absolute Gasteiger partial charge is 0.221 e. The Labute approximate surface area is 83.5 Å². The topological polar surface area (TPSA) is 54.3 Å². The second kappa shape index (κ2) is 4.81. The number of aromatic nitrogens is 1. The number of aliphatic hydroxyl groups is 1. The first kappa shape index (κ1) is 10.8. The summed E-state index contributed by atoms with van der Waals surface area (Å²) in [5, 5.41) is 12.0. The van der Waals surface area contributed by atoms with Gasteiger partial charge in [-0.3, -0.25) is 4.79 Å². The fourth-order valence-corrected chi connectivity index (χ4v) is 1.36. The Hall–Kier alpha value is -1.29. The number of hydrogen-bond donors (Lipinski definition) is 2. The predicted octanol–water partition coefficient (Wildman–Crippen LogP) is 0.677. The van der Waals surface area contributed by atoms with Crippen molar-refractivity contribution in [2.24, 2.45) is 0 Å². The van der Waals surface area contributed by atoms with Crippen LogP contribution in [0.2, 0.25) is 0 Å². The third-order valence-electron chi connectivity index (χ3n) is 2.15. The van der Waals surface area contributed by atoms with E-state index in [1.807, 2.05) is 22.9 Å². The fraction of sp³-hybridized carbons (Fsp3) is 0.500. The van der Waals surface area contributed by atoms with E-state index in [0.717, 1.165) is 5.69 Å². The molecule has 1 amide bonds. The van der Waals surface area contributed by atoms with E-state index >= 15 is 0 Å². The Morgan fingerprint density at radius 1 is 1.71 bits per heavy atom. The van der Waals surface area contributed by atoms with Gasteiger partial charge in [0.15, 0.2) is 0 Å². The Morgan fingerprint density at radius 3 is 3.00 bits per heavy atom. The van der Waals surface area contributed by atoms with Gasteiger partial charge >= 0.3 is 0 Å². The van der Waals surface area contributed by atoms with Crippen LogP contribution in [0.1, 0.15) is 25.1 Å². The number of rotatable bonds is 4. The van der Waals surface area contributed by atoms with Crippen molar-refractivity contribution in [1.82, 2.24) is 9.88 Å². The van der Waals surface area contributed by atoms with Crippen LogP contribution >= 0.6 is 0 Å². The zero-order chi connectivity index (χ0) is 10.6. The van der Waals surface area contributed by atoms with Crippen molar-refractivity contribution < 1.29 is 9.90 Å². The molecule has 0 saturated heterocycles. The lowest BCUT2D eigenvalue weighted by Gasteiger charge is -2.10. The number of nitrogens with zero attached hydrogens (tertiary/aromatic N) is 1. The Balaban J connectivity index is 2.58. The van der Waals surface area contributed by atoms with E-state index in [9.17, 15) is 9.90 Å². The van der Waals surface area contributed by atoms with Crippen molar-refractivity contribution in [3.8, 4) is 0 Å². The van der Waals surface area contributed by atoms with Gasteiger partial charge in [-0.1, -0.05) is 0 Å². The van der Waals surface area contributed by atoms with Gasteiger partial charge in [0, 0.05) is 31.9 Å². The molecule has 1 aromatic rings. The van der Waals surface area contributed by atoms with Crippen LogP contribution in [0.5, 0.6) is 0 Å².